The highest BCUT2D eigenvalue weighted by atomic mass is 32.1. The van der Waals surface area contributed by atoms with Crippen LogP contribution in [0.3, 0.4) is 0 Å². The molecule has 0 atom stereocenters. The molecule has 2 heterocycles. The van der Waals surface area contributed by atoms with Gasteiger partial charge in [-0.15, -0.1) is 5.10 Å². The van der Waals surface area contributed by atoms with Crippen molar-refractivity contribution in [3.63, 3.8) is 0 Å². The lowest BCUT2D eigenvalue weighted by Crippen LogP contribution is -2.28. The van der Waals surface area contributed by atoms with Gasteiger partial charge in [0.05, 0.1) is 24.0 Å². The molecule has 0 aliphatic heterocycles. The summed E-state index contributed by atoms with van der Waals surface area (Å²) in [6.45, 7) is 0.136. The molecule has 2 N–H and O–H groups in total. The van der Waals surface area contributed by atoms with Crippen LogP contribution in [0.2, 0.25) is 0 Å². The summed E-state index contributed by atoms with van der Waals surface area (Å²) in [5.74, 6) is 0. The van der Waals surface area contributed by atoms with Crippen LogP contribution in [0.15, 0.2) is 47.3 Å². The van der Waals surface area contributed by atoms with E-state index in [0.717, 1.165) is 17.8 Å². The molecule has 0 radical (unpaired) electrons. The molecule has 0 fully saturated rings. The fourth-order valence-corrected chi connectivity index (χ4v) is 2.60. The van der Waals surface area contributed by atoms with Gasteiger partial charge in [0.1, 0.15) is 5.69 Å². The molecule has 1 aromatic carbocycles. The van der Waals surface area contributed by atoms with Crippen molar-refractivity contribution in [2.24, 2.45) is 0 Å². The van der Waals surface area contributed by atoms with Crippen LogP contribution < -0.4 is 10.6 Å². The van der Waals surface area contributed by atoms with Gasteiger partial charge in [0.2, 0.25) is 0 Å². The number of amides is 2. The topological polar surface area (TPSA) is 71.8 Å². The van der Waals surface area contributed by atoms with Gasteiger partial charge < -0.3 is 10.6 Å². The van der Waals surface area contributed by atoms with Gasteiger partial charge in [-0.2, -0.15) is 24.5 Å². The molecule has 0 unspecified atom stereocenters. The summed E-state index contributed by atoms with van der Waals surface area (Å²) in [7, 11) is 0. The number of nitrogens with one attached hydrogen (secondary N) is 2. The minimum absolute atomic E-state index is 0.136. The van der Waals surface area contributed by atoms with Crippen molar-refractivity contribution < 1.29 is 18.0 Å². The van der Waals surface area contributed by atoms with Crippen molar-refractivity contribution >= 4 is 23.1 Å². The number of benzene rings is 1. The Kier molecular flexibility index (Phi) is 4.70. The Morgan fingerprint density at radius 2 is 1.96 bits per heavy atom. The van der Waals surface area contributed by atoms with E-state index in [1.54, 1.807) is 10.9 Å². The number of carbonyl (C=O) groups excluding carboxylic acids is 1. The van der Waals surface area contributed by atoms with Crippen molar-refractivity contribution in [1.29, 1.82) is 0 Å². The first kappa shape index (κ1) is 17.0. The van der Waals surface area contributed by atoms with E-state index in [0.29, 0.717) is 5.69 Å². The minimum atomic E-state index is -4.41. The molecule has 3 rings (SSSR count). The molecule has 6 nitrogen and oxygen atoms in total. The molecular formula is C15H12F3N5OS. The molecule has 2 amide bonds. The number of thiophene rings is 1. The van der Waals surface area contributed by atoms with E-state index < -0.39 is 17.8 Å². The number of carbonyl (C=O) groups is 1. The van der Waals surface area contributed by atoms with Gasteiger partial charge in [-0.25, -0.2) is 9.48 Å². The summed E-state index contributed by atoms with van der Waals surface area (Å²) in [4.78, 5) is 11.8. The number of anilines is 1. The second-order valence-electron chi connectivity index (χ2n) is 5.02. The fraction of sp³-hybridized carbons (Fsp3) is 0.133. The summed E-state index contributed by atoms with van der Waals surface area (Å²) in [6.07, 6.45) is -2.73. The molecule has 3 aromatic rings. The number of halogens is 3. The molecule has 10 heteroatoms. The van der Waals surface area contributed by atoms with Gasteiger partial charge in [0.15, 0.2) is 0 Å². The van der Waals surface area contributed by atoms with E-state index in [-0.39, 0.29) is 12.2 Å². The molecular weight excluding hydrogens is 355 g/mol. The van der Waals surface area contributed by atoms with Crippen LogP contribution >= 0.6 is 11.3 Å². The highest BCUT2D eigenvalue weighted by Crippen LogP contribution is 2.29. The lowest BCUT2D eigenvalue weighted by Gasteiger charge is -2.09. The number of hydrogen-bond donors (Lipinski definition) is 2. The third-order valence-electron chi connectivity index (χ3n) is 3.21. The Hall–Kier alpha value is -2.88. The van der Waals surface area contributed by atoms with Gasteiger partial charge in [0.25, 0.3) is 0 Å². The van der Waals surface area contributed by atoms with Crippen molar-refractivity contribution in [1.82, 2.24) is 20.3 Å². The van der Waals surface area contributed by atoms with Crippen molar-refractivity contribution in [2.45, 2.75) is 12.7 Å². The monoisotopic (exact) mass is 367 g/mol. The molecule has 2 aromatic heterocycles. The van der Waals surface area contributed by atoms with E-state index in [1.807, 2.05) is 16.8 Å². The standard InChI is InChI=1S/C15H12F3N5OS/c16-15(17,18)10-1-3-11(4-2-10)20-14(24)19-7-12-8-23(22-21-12)13-5-6-25-9-13/h1-6,8-9H,7H2,(H2,19,20,24). The maximum atomic E-state index is 12.5. The van der Waals surface area contributed by atoms with Crippen LogP contribution in [0.1, 0.15) is 11.3 Å². The SMILES string of the molecule is O=C(NCc1cn(-c2ccsc2)nn1)Nc1ccc(C(F)(F)F)cc1. The lowest BCUT2D eigenvalue weighted by atomic mass is 10.2. The van der Waals surface area contributed by atoms with Crippen molar-refractivity contribution in [2.75, 3.05) is 5.32 Å². The van der Waals surface area contributed by atoms with Gasteiger partial charge in [-0.05, 0) is 35.7 Å². The number of nitrogens with zero attached hydrogens (tertiary/aromatic N) is 3. The van der Waals surface area contributed by atoms with Crippen molar-refractivity contribution in [3.05, 3.63) is 58.5 Å². The van der Waals surface area contributed by atoms with Gasteiger partial charge in [-0.3, -0.25) is 0 Å². The Morgan fingerprint density at radius 3 is 2.60 bits per heavy atom. The predicted molar refractivity (Wildman–Crippen MR) is 86.5 cm³/mol. The average Bonchev–Trinajstić information content (AvgIpc) is 3.24. The van der Waals surface area contributed by atoms with E-state index >= 15 is 0 Å². The first-order valence-electron chi connectivity index (χ1n) is 7.08. The maximum Gasteiger partial charge on any atom is 0.416 e. The number of alkyl halides is 3. The Bertz CT molecular complexity index is 843. The van der Waals surface area contributed by atoms with E-state index in [4.69, 9.17) is 0 Å². The molecule has 0 bridgehead atoms. The summed E-state index contributed by atoms with van der Waals surface area (Å²) < 4.78 is 39.0. The minimum Gasteiger partial charge on any atom is -0.332 e. The first-order chi connectivity index (χ1) is 11.9. The second kappa shape index (κ2) is 6.93. The van der Waals surface area contributed by atoms with E-state index in [9.17, 15) is 18.0 Å². The lowest BCUT2D eigenvalue weighted by molar-refractivity contribution is -0.137. The second-order valence-corrected chi connectivity index (χ2v) is 5.80. The van der Waals surface area contributed by atoms with Crippen LogP contribution in [0.25, 0.3) is 5.69 Å². The van der Waals surface area contributed by atoms with Gasteiger partial charge in [-0.1, -0.05) is 5.21 Å². The summed E-state index contributed by atoms with van der Waals surface area (Å²) in [5.41, 5.74) is 0.905. The van der Waals surface area contributed by atoms with E-state index in [2.05, 4.69) is 20.9 Å². The Labute approximate surface area is 144 Å². The van der Waals surface area contributed by atoms with Crippen LogP contribution in [0.5, 0.6) is 0 Å². The quantitative estimate of drug-likeness (QED) is 0.739. The van der Waals surface area contributed by atoms with Gasteiger partial charge in [0, 0.05) is 11.1 Å². The van der Waals surface area contributed by atoms with Gasteiger partial charge >= 0.3 is 12.2 Å². The van der Waals surface area contributed by atoms with Crippen LogP contribution in [-0.4, -0.2) is 21.0 Å². The molecule has 0 spiro atoms. The highest BCUT2D eigenvalue weighted by molar-refractivity contribution is 7.08. The van der Waals surface area contributed by atoms with Crippen LogP contribution in [0.4, 0.5) is 23.7 Å². The molecule has 130 valence electrons. The summed E-state index contributed by atoms with van der Waals surface area (Å²) >= 11 is 1.53. The maximum absolute atomic E-state index is 12.5. The summed E-state index contributed by atoms with van der Waals surface area (Å²) in [6, 6.07) is 5.52. The smallest absolute Gasteiger partial charge is 0.332 e. The third-order valence-corrected chi connectivity index (χ3v) is 3.88. The Morgan fingerprint density at radius 1 is 1.20 bits per heavy atom. The molecule has 0 aliphatic rings. The molecule has 0 saturated carbocycles. The predicted octanol–water partition coefficient (Wildman–Crippen LogP) is 3.67. The third kappa shape index (κ3) is 4.35. The highest BCUT2D eigenvalue weighted by Gasteiger charge is 2.29. The van der Waals surface area contributed by atoms with Crippen molar-refractivity contribution in [3.8, 4) is 5.69 Å². The summed E-state index contributed by atoms with van der Waals surface area (Å²) in [5, 5.41) is 16.7. The Balaban J connectivity index is 1.53. The zero-order valence-electron chi connectivity index (χ0n) is 12.6. The number of rotatable bonds is 4. The normalized spacial score (nSPS) is 11.3. The zero-order valence-corrected chi connectivity index (χ0v) is 13.4. The molecule has 0 aliphatic carbocycles. The number of urea groups is 1. The number of hydrogen-bond acceptors (Lipinski definition) is 4. The number of aromatic nitrogens is 3. The first-order valence-corrected chi connectivity index (χ1v) is 8.02. The zero-order chi connectivity index (χ0) is 17.9. The van der Waals surface area contributed by atoms with E-state index in [1.165, 1.54) is 23.5 Å². The van der Waals surface area contributed by atoms with Crippen LogP contribution in [0, 0.1) is 0 Å². The van der Waals surface area contributed by atoms with Crippen LogP contribution in [-0.2, 0) is 12.7 Å². The molecule has 0 saturated heterocycles. The fourth-order valence-electron chi connectivity index (χ4n) is 1.98. The average molecular weight is 367 g/mol. The largest absolute Gasteiger partial charge is 0.416 e. The molecule has 25 heavy (non-hydrogen) atoms.